The van der Waals surface area contributed by atoms with Crippen LogP contribution in [0.2, 0.25) is 0 Å². The van der Waals surface area contributed by atoms with Crippen molar-refractivity contribution in [1.82, 2.24) is 0 Å². The molecule has 1 aliphatic heterocycles. The SMILES string of the molecule is C=C(C)C(=O)OCCCCCCCCCCCCCCCCCC.O=C1C=C(C=Cc2ccccc2)C(=O)O1. The molecule has 0 radical (unpaired) electrons. The molecule has 0 fully saturated rings. The third-order valence-corrected chi connectivity index (χ3v) is 6.54. The van der Waals surface area contributed by atoms with Gasteiger partial charge in [0.15, 0.2) is 0 Å². The Morgan fingerprint density at radius 1 is 0.769 bits per heavy atom. The number of cyclic esters (lactones) is 2. The van der Waals surface area contributed by atoms with Crippen LogP contribution in [-0.4, -0.2) is 24.5 Å². The lowest BCUT2D eigenvalue weighted by molar-refractivity contribution is -0.150. The predicted octanol–water partition coefficient (Wildman–Crippen LogP) is 9.08. The van der Waals surface area contributed by atoms with Crippen molar-refractivity contribution in [2.24, 2.45) is 0 Å². The third-order valence-electron chi connectivity index (χ3n) is 6.54. The van der Waals surface area contributed by atoms with E-state index >= 15 is 0 Å². The Hall–Kier alpha value is -2.95. The molecule has 39 heavy (non-hydrogen) atoms. The number of ether oxygens (including phenoxy) is 2. The first-order valence-electron chi connectivity index (χ1n) is 15.0. The maximum atomic E-state index is 11.2. The van der Waals surface area contributed by atoms with Crippen LogP contribution in [0.1, 0.15) is 122 Å². The lowest BCUT2D eigenvalue weighted by atomic mass is 10.0. The molecule has 2 rings (SSSR count). The summed E-state index contributed by atoms with van der Waals surface area (Å²) in [5.74, 6) is -1.45. The Labute approximate surface area is 236 Å². The van der Waals surface area contributed by atoms with Gasteiger partial charge in [0.1, 0.15) is 0 Å². The van der Waals surface area contributed by atoms with Gasteiger partial charge in [0.05, 0.1) is 12.2 Å². The second-order valence-electron chi connectivity index (χ2n) is 10.3. The number of benzene rings is 1. The maximum absolute atomic E-state index is 11.2. The normalized spacial score (nSPS) is 12.6. The van der Waals surface area contributed by atoms with Crippen molar-refractivity contribution >= 4 is 24.0 Å². The molecule has 0 unspecified atom stereocenters. The summed E-state index contributed by atoms with van der Waals surface area (Å²) < 4.78 is 9.42. The van der Waals surface area contributed by atoms with Crippen LogP contribution in [0.15, 0.2) is 60.2 Å². The lowest BCUT2D eigenvalue weighted by Crippen LogP contribution is -2.05. The van der Waals surface area contributed by atoms with Gasteiger partial charge in [-0.15, -0.1) is 0 Å². The highest BCUT2D eigenvalue weighted by molar-refractivity contribution is 6.11. The topological polar surface area (TPSA) is 69.7 Å². The van der Waals surface area contributed by atoms with E-state index in [9.17, 15) is 14.4 Å². The molecule has 0 spiro atoms. The minimum atomic E-state index is -0.604. The van der Waals surface area contributed by atoms with Crippen molar-refractivity contribution in [3.8, 4) is 0 Å². The number of esters is 3. The van der Waals surface area contributed by atoms with Crippen LogP contribution in [0.25, 0.3) is 6.08 Å². The first-order chi connectivity index (χ1) is 18.9. The van der Waals surface area contributed by atoms with Crippen molar-refractivity contribution in [3.05, 3.63) is 65.8 Å². The summed E-state index contributed by atoms with van der Waals surface area (Å²) in [6, 6.07) is 9.50. The largest absolute Gasteiger partial charge is 0.462 e. The number of hydrogen-bond donors (Lipinski definition) is 0. The van der Waals surface area contributed by atoms with E-state index in [1.54, 1.807) is 19.1 Å². The van der Waals surface area contributed by atoms with E-state index in [2.05, 4.69) is 18.2 Å². The van der Waals surface area contributed by atoms with E-state index < -0.39 is 11.9 Å². The van der Waals surface area contributed by atoms with E-state index in [-0.39, 0.29) is 11.5 Å². The Morgan fingerprint density at radius 3 is 1.69 bits per heavy atom. The van der Waals surface area contributed by atoms with Crippen LogP contribution >= 0.6 is 0 Å². The molecular weight excluding hydrogens is 488 g/mol. The number of hydrogen-bond acceptors (Lipinski definition) is 5. The van der Waals surface area contributed by atoms with Gasteiger partial charge in [-0.1, -0.05) is 146 Å². The van der Waals surface area contributed by atoms with Gasteiger partial charge in [-0.25, -0.2) is 14.4 Å². The zero-order valence-corrected chi connectivity index (χ0v) is 24.4. The van der Waals surface area contributed by atoms with Crippen molar-refractivity contribution in [3.63, 3.8) is 0 Å². The summed E-state index contributed by atoms with van der Waals surface area (Å²) in [6.45, 7) is 8.09. The lowest BCUT2D eigenvalue weighted by Gasteiger charge is -2.05. The van der Waals surface area contributed by atoms with Crippen LogP contribution in [0, 0.1) is 0 Å². The summed E-state index contributed by atoms with van der Waals surface area (Å²) >= 11 is 0. The Bertz CT molecular complexity index is 897. The summed E-state index contributed by atoms with van der Waals surface area (Å²) in [5.41, 5.74) is 1.74. The molecule has 0 aromatic heterocycles. The quantitative estimate of drug-likeness (QED) is 0.0716. The van der Waals surface area contributed by atoms with Crippen molar-refractivity contribution in [1.29, 1.82) is 0 Å². The van der Waals surface area contributed by atoms with Gasteiger partial charge < -0.3 is 9.47 Å². The molecule has 0 aliphatic carbocycles. The number of unbranched alkanes of at least 4 members (excludes halogenated alkanes) is 15. The van der Waals surface area contributed by atoms with Crippen molar-refractivity contribution in [2.45, 2.75) is 117 Å². The fourth-order valence-corrected chi connectivity index (χ4v) is 4.17. The molecule has 0 bridgehead atoms. The van der Waals surface area contributed by atoms with Crippen LogP contribution in [0.3, 0.4) is 0 Å². The smallest absolute Gasteiger partial charge is 0.346 e. The molecule has 1 heterocycles. The van der Waals surface area contributed by atoms with E-state index in [0.717, 1.165) is 12.0 Å². The van der Waals surface area contributed by atoms with E-state index in [1.807, 2.05) is 30.3 Å². The number of carbonyl (C=O) groups excluding carboxylic acids is 3. The van der Waals surface area contributed by atoms with Gasteiger partial charge in [-0.3, -0.25) is 0 Å². The molecule has 0 saturated carbocycles. The van der Waals surface area contributed by atoms with E-state index in [1.165, 1.54) is 102 Å². The average Bonchev–Trinajstić information content (AvgIpc) is 3.26. The fraction of sp³-hybridized carbons (Fsp3) is 0.559. The minimum Gasteiger partial charge on any atom is -0.462 e. The molecule has 5 heteroatoms. The number of carbonyl (C=O) groups is 3. The van der Waals surface area contributed by atoms with E-state index in [4.69, 9.17) is 4.74 Å². The molecule has 216 valence electrons. The van der Waals surface area contributed by atoms with Gasteiger partial charge >= 0.3 is 17.9 Å². The summed E-state index contributed by atoms with van der Waals surface area (Å²) in [4.78, 5) is 32.9. The van der Waals surface area contributed by atoms with Gasteiger partial charge in [-0.2, -0.15) is 0 Å². The molecule has 5 nitrogen and oxygen atoms in total. The number of rotatable bonds is 20. The first-order valence-corrected chi connectivity index (χ1v) is 15.0. The second kappa shape index (κ2) is 23.0. The van der Waals surface area contributed by atoms with Crippen molar-refractivity contribution < 1.29 is 23.9 Å². The second-order valence-corrected chi connectivity index (χ2v) is 10.3. The molecule has 0 saturated heterocycles. The monoisotopic (exact) mass is 538 g/mol. The summed E-state index contributed by atoms with van der Waals surface area (Å²) in [5, 5.41) is 0. The molecule has 1 aromatic rings. The molecule has 0 N–H and O–H groups in total. The zero-order chi connectivity index (χ0) is 28.6. The molecule has 0 amide bonds. The maximum Gasteiger partial charge on any atom is 0.346 e. The van der Waals surface area contributed by atoms with Crippen LogP contribution in [0.5, 0.6) is 0 Å². The summed E-state index contributed by atoms with van der Waals surface area (Å²) in [7, 11) is 0. The predicted molar refractivity (Wildman–Crippen MR) is 160 cm³/mol. The van der Waals surface area contributed by atoms with Gasteiger partial charge in [0.25, 0.3) is 0 Å². The molecule has 1 aromatic carbocycles. The average molecular weight is 539 g/mol. The van der Waals surface area contributed by atoms with Crippen LogP contribution in [0.4, 0.5) is 0 Å². The third kappa shape index (κ3) is 18.9. The zero-order valence-electron chi connectivity index (χ0n) is 24.4. The highest BCUT2D eigenvalue weighted by Gasteiger charge is 2.20. The van der Waals surface area contributed by atoms with Gasteiger partial charge in [-0.05, 0) is 25.0 Å². The van der Waals surface area contributed by atoms with Gasteiger partial charge in [0, 0.05) is 11.6 Å². The van der Waals surface area contributed by atoms with Crippen LogP contribution in [-0.2, 0) is 23.9 Å². The molecular formula is C34H50O5. The van der Waals surface area contributed by atoms with Crippen LogP contribution < -0.4 is 0 Å². The molecule has 1 aliphatic rings. The Morgan fingerprint density at radius 2 is 1.26 bits per heavy atom. The van der Waals surface area contributed by atoms with E-state index in [0.29, 0.717) is 12.2 Å². The van der Waals surface area contributed by atoms with Crippen molar-refractivity contribution in [2.75, 3.05) is 6.61 Å². The van der Waals surface area contributed by atoms with Gasteiger partial charge in [0.2, 0.25) is 0 Å². The summed E-state index contributed by atoms with van der Waals surface area (Å²) in [6.07, 6.45) is 26.2. The Balaban J connectivity index is 0.000000429. The minimum absolute atomic E-state index is 0.254. The Kier molecular flexibility index (Phi) is 20.1. The standard InChI is InChI=1S/C22H42O2.C12H8O3/c1-4-5-6-7-8-9-10-11-12-13-14-15-16-17-18-19-20-24-22(23)21(2)3;13-11-8-10(12(14)15-11)7-6-9-4-2-1-3-5-9/h2,4-20H2,1,3H3;1-8H. The highest BCUT2D eigenvalue weighted by Crippen LogP contribution is 2.14. The highest BCUT2D eigenvalue weighted by atomic mass is 16.6. The fourth-order valence-electron chi connectivity index (χ4n) is 4.17. The first kappa shape index (κ1) is 34.1. The molecule has 0 atom stereocenters.